The minimum absolute atomic E-state index is 0.0923. The van der Waals surface area contributed by atoms with Crippen molar-refractivity contribution in [2.75, 3.05) is 7.11 Å². The van der Waals surface area contributed by atoms with E-state index >= 15 is 0 Å². The highest BCUT2D eigenvalue weighted by atomic mass is 35.5. The number of methoxy groups -OCH3 is 1. The number of nitrogens with zero attached hydrogens (tertiary/aromatic N) is 2. The molecule has 1 amide bonds. The Hall–Kier alpha value is -2.34. The molecule has 6 nitrogen and oxygen atoms in total. The number of ether oxygens (including phenoxy) is 1. The van der Waals surface area contributed by atoms with E-state index in [-0.39, 0.29) is 11.8 Å². The lowest BCUT2D eigenvalue weighted by Gasteiger charge is -2.19. The van der Waals surface area contributed by atoms with Crippen LogP contribution in [0.1, 0.15) is 24.3 Å². The SMILES string of the molecule is COC(=O)[C@H](NC(=O)c1cc(-c2ccc(Cl)cc2)nn1C)C(C)C. The summed E-state index contributed by atoms with van der Waals surface area (Å²) in [5.41, 5.74) is 1.86. The van der Waals surface area contributed by atoms with Crippen molar-refractivity contribution in [2.24, 2.45) is 13.0 Å². The molecule has 0 saturated carbocycles. The summed E-state index contributed by atoms with van der Waals surface area (Å²) in [6.07, 6.45) is 0. The standard InChI is InChI=1S/C17H20ClN3O3/c1-10(2)15(17(23)24-4)19-16(22)14-9-13(20-21(14)3)11-5-7-12(18)8-6-11/h5-10,15H,1-4H3,(H,19,22)/t15-/m1/s1. The molecule has 1 aromatic carbocycles. The Morgan fingerprint density at radius 3 is 2.42 bits per heavy atom. The van der Waals surface area contributed by atoms with Crippen LogP contribution >= 0.6 is 11.6 Å². The van der Waals surface area contributed by atoms with Gasteiger partial charge in [0.2, 0.25) is 0 Å². The lowest BCUT2D eigenvalue weighted by atomic mass is 10.0. The molecule has 0 aliphatic heterocycles. The first kappa shape index (κ1) is 18.0. The first-order valence-electron chi connectivity index (χ1n) is 7.52. The Morgan fingerprint density at radius 2 is 1.88 bits per heavy atom. The Kier molecular flexibility index (Phi) is 5.62. The van der Waals surface area contributed by atoms with Crippen molar-refractivity contribution in [2.45, 2.75) is 19.9 Å². The van der Waals surface area contributed by atoms with Crippen molar-refractivity contribution < 1.29 is 14.3 Å². The Bertz CT molecular complexity index is 738. The molecule has 1 atom stereocenters. The molecule has 24 heavy (non-hydrogen) atoms. The molecule has 0 aliphatic carbocycles. The maximum Gasteiger partial charge on any atom is 0.328 e. The summed E-state index contributed by atoms with van der Waals surface area (Å²) in [6.45, 7) is 3.68. The van der Waals surface area contributed by atoms with Gasteiger partial charge >= 0.3 is 5.97 Å². The Balaban J connectivity index is 2.24. The third-order valence-corrected chi connectivity index (χ3v) is 3.91. The summed E-state index contributed by atoms with van der Waals surface area (Å²) in [5, 5.41) is 7.68. The second kappa shape index (κ2) is 7.49. The van der Waals surface area contributed by atoms with Crippen LogP contribution in [0.25, 0.3) is 11.3 Å². The van der Waals surface area contributed by atoms with Gasteiger partial charge in [0.1, 0.15) is 11.7 Å². The second-order valence-corrected chi connectivity index (χ2v) is 6.20. The average molecular weight is 350 g/mol. The number of amides is 1. The number of hydrogen-bond donors (Lipinski definition) is 1. The van der Waals surface area contributed by atoms with Gasteiger partial charge in [-0.2, -0.15) is 5.10 Å². The predicted molar refractivity (Wildman–Crippen MR) is 91.8 cm³/mol. The molecular weight excluding hydrogens is 330 g/mol. The maximum atomic E-state index is 12.5. The fourth-order valence-corrected chi connectivity index (χ4v) is 2.41. The van der Waals surface area contributed by atoms with Crippen LogP contribution in [0, 0.1) is 5.92 Å². The maximum absolute atomic E-state index is 12.5. The van der Waals surface area contributed by atoms with Crippen LogP contribution in [0.2, 0.25) is 5.02 Å². The fourth-order valence-electron chi connectivity index (χ4n) is 2.28. The van der Waals surface area contributed by atoms with E-state index in [1.807, 2.05) is 26.0 Å². The van der Waals surface area contributed by atoms with Crippen LogP contribution in [0.3, 0.4) is 0 Å². The van der Waals surface area contributed by atoms with Gasteiger partial charge < -0.3 is 10.1 Å². The van der Waals surface area contributed by atoms with Crippen molar-refractivity contribution in [3.8, 4) is 11.3 Å². The quantitative estimate of drug-likeness (QED) is 0.842. The third-order valence-electron chi connectivity index (χ3n) is 3.66. The number of benzene rings is 1. The Labute approximate surface area is 145 Å². The van der Waals surface area contributed by atoms with Crippen molar-refractivity contribution >= 4 is 23.5 Å². The summed E-state index contributed by atoms with van der Waals surface area (Å²) < 4.78 is 6.22. The lowest BCUT2D eigenvalue weighted by Crippen LogP contribution is -2.45. The molecule has 2 aromatic rings. The second-order valence-electron chi connectivity index (χ2n) is 5.76. The van der Waals surface area contributed by atoms with Gasteiger partial charge in [0.05, 0.1) is 12.8 Å². The number of carbonyl (C=O) groups is 2. The summed E-state index contributed by atoms with van der Waals surface area (Å²) >= 11 is 5.88. The van der Waals surface area contributed by atoms with Crippen molar-refractivity contribution in [1.29, 1.82) is 0 Å². The van der Waals surface area contributed by atoms with Gasteiger partial charge in [-0.15, -0.1) is 0 Å². The molecule has 0 radical (unpaired) electrons. The molecule has 0 spiro atoms. The highest BCUT2D eigenvalue weighted by Crippen LogP contribution is 2.21. The number of aryl methyl sites for hydroxylation is 1. The number of esters is 1. The molecule has 1 N–H and O–H groups in total. The minimum atomic E-state index is -0.712. The van der Waals surface area contributed by atoms with Crippen molar-refractivity contribution in [1.82, 2.24) is 15.1 Å². The molecule has 0 saturated heterocycles. The van der Waals surface area contributed by atoms with Gasteiger partial charge in [0.25, 0.3) is 5.91 Å². The fraction of sp³-hybridized carbons (Fsp3) is 0.353. The van der Waals surface area contributed by atoms with E-state index in [9.17, 15) is 9.59 Å². The third kappa shape index (κ3) is 3.94. The first-order chi connectivity index (χ1) is 11.3. The zero-order valence-electron chi connectivity index (χ0n) is 14.0. The summed E-state index contributed by atoms with van der Waals surface area (Å²) in [7, 11) is 2.98. The van der Waals surface area contributed by atoms with Gasteiger partial charge in [0.15, 0.2) is 0 Å². The molecule has 0 bridgehead atoms. The van der Waals surface area contributed by atoms with E-state index in [1.165, 1.54) is 11.8 Å². The molecule has 0 aliphatic rings. The number of nitrogens with one attached hydrogen (secondary N) is 1. The van der Waals surface area contributed by atoms with Gasteiger partial charge in [-0.25, -0.2) is 4.79 Å². The van der Waals surface area contributed by atoms with Gasteiger partial charge in [-0.1, -0.05) is 37.6 Å². The first-order valence-corrected chi connectivity index (χ1v) is 7.90. The van der Waals surface area contributed by atoms with Crippen molar-refractivity contribution in [3.05, 3.63) is 41.0 Å². The van der Waals surface area contributed by atoms with E-state index in [2.05, 4.69) is 10.4 Å². The number of halogens is 1. The minimum Gasteiger partial charge on any atom is -0.467 e. The topological polar surface area (TPSA) is 73.2 Å². The van der Waals surface area contributed by atoms with Crippen LogP contribution < -0.4 is 5.32 Å². The van der Waals surface area contributed by atoms with E-state index in [0.29, 0.717) is 16.4 Å². The monoisotopic (exact) mass is 349 g/mol. The van der Waals surface area contributed by atoms with Crippen LogP contribution in [-0.2, 0) is 16.6 Å². The van der Waals surface area contributed by atoms with Gasteiger partial charge in [-0.3, -0.25) is 9.48 Å². The molecule has 7 heteroatoms. The zero-order valence-corrected chi connectivity index (χ0v) is 14.8. The van der Waals surface area contributed by atoms with Crippen LogP contribution in [0.5, 0.6) is 0 Å². The molecule has 2 rings (SSSR count). The summed E-state index contributed by atoms with van der Waals surface area (Å²) in [5.74, 6) is -0.946. The van der Waals surface area contributed by atoms with E-state index in [4.69, 9.17) is 16.3 Å². The van der Waals surface area contributed by atoms with Gasteiger partial charge in [-0.05, 0) is 24.1 Å². The molecule has 128 valence electrons. The molecule has 0 unspecified atom stereocenters. The number of aromatic nitrogens is 2. The summed E-state index contributed by atoms with van der Waals surface area (Å²) in [6, 6.07) is 8.15. The largest absolute Gasteiger partial charge is 0.467 e. The highest BCUT2D eigenvalue weighted by molar-refractivity contribution is 6.30. The average Bonchev–Trinajstić information content (AvgIpc) is 2.94. The zero-order chi connectivity index (χ0) is 17.9. The normalized spacial score (nSPS) is 12.1. The molecular formula is C17H20ClN3O3. The molecule has 0 fully saturated rings. The van der Waals surface area contributed by atoms with E-state index < -0.39 is 12.0 Å². The van der Waals surface area contributed by atoms with E-state index in [0.717, 1.165) is 5.56 Å². The lowest BCUT2D eigenvalue weighted by molar-refractivity contribution is -0.144. The number of rotatable bonds is 5. The van der Waals surface area contributed by atoms with Crippen molar-refractivity contribution in [3.63, 3.8) is 0 Å². The Morgan fingerprint density at radius 1 is 1.25 bits per heavy atom. The van der Waals surface area contributed by atoms with Crippen LogP contribution in [-0.4, -0.2) is 34.8 Å². The highest BCUT2D eigenvalue weighted by Gasteiger charge is 2.26. The van der Waals surface area contributed by atoms with E-state index in [1.54, 1.807) is 25.2 Å². The predicted octanol–water partition coefficient (Wildman–Crippen LogP) is 2.67. The molecule has 1 aromatic heterocycles. The van der Waals surface area contributed by atoms with Crippen LogP contribution in [0.4, 0.5) is 0 Å². The van der Waals surface area contributed by atoms with Gasteiger partial charge in [0, 0.05) is 17.6 Å². The number of carbonyl (C=O) groups excluding carboxylic acids is 2. The molecule has 1 heterocycles. The van der Waals surface area contributed by atoms with Crippen LogP contribution in [0.15, 0.2) is 30.3 Å². The number of hydrogen-bond acceptors (Lipinski definition) is 4. The summed E-state index contributed by atoms with van der Waals surface area (Å²) in [4.78, 5) is 24.3. The smallest absolute Gasteiger partial charge is 0.328 e.